The molecule has 0 spiro atoms. The first-order chi connectivity index (χ1) is 72.5. The van der Waals surface area contributed by atoms with Crippen molar-refractivity contribution >= 4 is 174 Å². The molecule has 0 aliphatic heterocycles. The summed E-state index contributed by atoms with van der Waals surface area (Å²) in [5, 5.41) is 20.5. The topological polar surface area (TPSA) is 39.4 Å². The molecule has 31 rings (SSSR count). The number of fused-ring (bicyclic) bond motifs is 24. The molecule has 0 aliphatic carbocycles. The quantitative estimate of drug-likeness (QED) is 0.124. The summed E-state index contributed by atoms with van der Waals surface area (Å²) in [4.78, 5) is 0. The molecule has 0 fully saturated rings. The van der Waals surface area contributed by atoms with Crippen LogP contribution in [0.2, 0.25) is 0 Å². The molecule has 0 saturated carbocycles. The van der Waals surface area contributed by atoms with Crippen LogP contribution in [0.4, 0.5) is 0 Å². The zero-order valence-electron chi connectivity index (χ0n) is 79.7. The Morgan fingerprint density at radius 1 is 0.0890 bits per heavy atom. The van der Waals surface area contributed by atoms with Crippen molar-refractivity contribution in [1.29, 1.82) is 0 Å². The molecule has 0 N–H and O–H groups in total. The van der Waals surface area contributed by atoms with Crippen LogP contribution in [0.25, 0.3) is 253 Å². The Labute approximate surface area is 842 Å². The molecule has 684 valence electrons. The fraction of sp³-hybridized carbons (Fsp3) is 0. The van der Waals surface area contributed by atoms with Crippen LogP contribution in [-0.2, 0) is 0 Å². The average Bonchev–Trinajstić information content (AvgIpc) is 1.58. The van der Waals surface area contributed by atoms with Gasteiger partial charge in [0, 0.05) is 131 Å². The first-order valence-electron chi connectivity index (χ1n) is 50.1. The lowest BCUT2D eigenvalue weighted by molar-refractivity contribution is 1.13. The van der Waals surface area contributed by atoms with E-state index in [9.17, 15) is 0 Å². The van der Waals surface area contributed by atoms with Crippen molar-refractivity contribution in [3.8, 4) is 78.9 Å². The predicted octanol–water partition coefficient (Wildman–Crippen LogP) is 36.5. The first-order valence-corrected chi connectivity index (χ1v) is 50.1. The molecule has 146 heavy (non-hydrogen) atoms. The summed E-state index contributed by atoms with van der Waals surface area (Å²) in [5.41, 5.74) is 36.2. The van der Waals surface area contributed by atoms with E-state index in [-0.39, 0.29) is 0 Å². The highest BCUT2D eigenvalue weighted by molar-refractivity contribution is 6.17. The second-order valence-corrected chi connectivity index (χ2v) is 37.7. The number of benzene rings is 23. The van der Waals surface area contributed by atoms with Gasteiger partial charge in [-0.1, -0.05) is 382 Å². The number of rotatable bonds is 11. The third kappa shape index (κ3) is 14.0. The Balaban J connectivity index is 0.0000000945. The average molecular weight is 1860 g/mol. The molecule has 8 nitrogen and oxygen atoms in total. The van der Waals surface area contributed by atoms with Gasteiger partial charge in [0.1, 0.15) is 0 Å². The second-order valence-electron chi connectivity index (χ2n) is 37.7. The smallest absolute Gasteiger partial charge is 0.0541 e. The number of hydrogen-bond donors (Lipinski definition) is 0. The van der Waals surface area contributed by atoms with Crippen LogP contribution in [0, 0.1) is 0 Å². The molecule has 0 bridgehead atoms. The second kappa shape index (κ2) is 35.4. The van der Waals surface area contributed by atoms with E-state index in [0.717, 1.165) is 0 Å². The van der Waals surface area contributed by atoms with Gasteiger partial charge in [-0.05, 0) is 198 Å². The van der Waals surface area contributed by atoms with Crippen LogP contribution in [-0.4, -0.2) is 36.5 Å². The van der Waals surface area contributed by atoms with E-state index in [2.05, 4.69) is 595 Å². The van der Waals surface area contributed by atoms with Gasteiger partial charge in [0.05, 0.1) is 99.6 Å². The van der Waals surface area contributed by atoms with E-state index >= 15 is 0 Å². The highest BCUT2D eigenvalue weighted by atomic mass is 15.0. The van der Waals surface area contributed by atoms with Gasteiger partial charge in [-0.25, -0.2) is 0 Å². The van der Waals surface area contributed by atoms with Gasteiger partial charge in [0.15, 0.2) is 0 Å². The summed E-state index contributed by atoms with van der Waals surface area (Å²) < 4.78 is 19.1. The van der Waals surface area contributed by atoms with Gasteiger partial charge in [0.25, 0.3) is 0 Å². The fourth-order valence-electron chi connectivity index (χ4n) is 23.4. The Morgan fingerprint density at radius 3 is 0.438 bits per heavy atom. The van der Waals surface area contributed by atoms with Gasteiger partial charge >= 0.3 is 0 Å². The summed E-state index contributed by atoms with van der Waals surface area (Å²) in [5.74, 6) is 0. The third-order valence-electron chi connectivity index (χ3n) is 29.7. The minimum atomic E-state index is 1.17. The van der Waals surface area contributed by atoms with Crippen LogP contribution >= 0.6 is 0 Å². The Morgan fingerprint density at radius 2 is 0.240 bits per heavy atom. The van der Waals surface area contributed by atoms with Crippen molar-refractivity contribution in [2.75, 3.05) is 0 Å². The van der Waals surface area contributed by atoms with Gasteiger partial charge in [-0.15, -0.1) is 0 Å². The zero-order valence-corrected chi connectivity index (χ0v) is 79.7. The first kappa shape index (κ1) is 84.5. The van der Waals surface area contributed by atoms with Gasteiger partial charge in [-0.3, -0.25) is 0 Å². The Hall–Kier alpha value is -19.5. The maximum absolute atomic E-state index is 2.42. The summed E-state index contributed by atoms with van der Waals surface area (Å²) in [6.45, 7) is 0. The maximum Gasteiger partial charge on any atom is 0.0541 e. The van der Waals surface area contributed by atoms with Crippen LogP contribution in [0.15, 0.2) is 558 Å². The molecule has 0 unspecified atom stereocenters. The van der Waals surface area contributed by atoms with Crippen molar-refractivity contribution in [3.63, 3.8) is 0 Å². The SMILES string of the molecule is c1cc(-c2cccc(-n3c4ccccc4c4ccccc43)c2)cc(-n2c3ccccc3c3ccccc32)c1.c1cc(-n2c3ccccc3c3ccccc32)cc(-n2c3ccccc3c3ccccc32)c1.c1ccc(-n2c3ccccc3c3ccccc32)c(-c2ccccc2-n2c3ccccc3c3ccccc32)c1.c1ccc2c(c1)c1ccccc1n2-c1ccc(-c2ccc(-n3c4ccccc4c4ccccc43)cc2)cc1. The molecule has 8 heterocycles. The van der Waals surface area contributed by atoms with E-state index in [1.807, 2.05) is 0 Å². The van der Waals surface area contributed by atoms with E-state index in [1.54, 1.807) is 0 Å². The normalized spacial score (nSPS) is 11.7. The summed E-state index contributed by atoms with van der Waals surface area (Å²) in [6.07, 6.45) is 0. The number of hydrogen-bond acceptors (Lipinski definition) is 0. The molecule has 8 heteroatoms. The van der Waals surface area contributed by atoms with Crippen molar-refractivity contribution in [2.45, 2.75) is 0 Å². The lowest BCUT2D eigenvalue weighted by atomic mass is 10.0. The van der Waals surface area contributed by atoms with Crippen LogP contribution in [0.1, 0.15) is 0 Å². The lowest BCUT2D eigenvalue weighted by Gasteiger charge is -2.18. The Kier molecular flexibility index (Phi) is 20.5. The fourth-order valence-corrected chi connectivity index (χ4v) is 23.4. The van der Waals surface area contributed by atoms with E-state index in [4.69, 9.17) is 0 Å². The van der Waals surface area contributed by atoms with E-state index in [1.165, 1.54) is 253 Å². The molecule has 0 aliphatic rings. The van der Waals surface area contributed by atoms with Crippen molar-refractivity contribution < 1.29 is 0 Å². The minimum Gasteiger partial charge on any atom is -0.309 e. The number of para-hydroxylation sites is 18. The van der Waals surface area contributed by atoms with Gasteiger partial charge in [-0.2, -0.15) is 0 Å². The molecule has 0 amide bonds. The Bertz CT molecular complexity index is 9540. The van der Waals surface area contributed by atoms with Crippen LogP contribution in [0.3, 0.4) is 0 Å². The monoisotopic (exact) mass is 1860 g/mol. The summed E-state index contributed by atoms with van der Waals surface area (Å²) >= 11 is 0. The number of aromatic nitrogens is 8. The summed E-state index contributed by atoms with van der Waals surface area (Å²) in [7, 11) is 0. The highest BCUT2D eigenvalue weighted by Crippen LogP contribution is 2.46. The largest absolute Gasteiger partial charge is 0.309 e. The van der Waals surface area contributed by atoms with Crippen molar-refractivity contribution in [3.05, 3.63) is 558 Å². The zero-order chi connectivity index (χ0) is 96.2. The summed E-state index contributed by atoms with van der Waals surface area (Å²) in [6, 6.07) is 201. The number of nitrogens with zero attached hydrogens (tertiary/aromatic N) is 8. The third-order valence-corrected chi connectivity index (χ3v) is 29.7. The molecule has 31 aromatic rings. The van der Waals surface area contributed by atoms with Crippen LogP contribution < -0.4 is 0 Å². The standard InChI is InChI=1S/3C36H24N2.C30H20N2/c1-7-19-31-25(13-1)26-14-2-8-20-32(26)37(31)35-23-11-5-17-29(35)30-18-6-12-24-36(30)38-33-21-9-3-15-27(33)28-16-4-10-22-34(28)38;1-5-19-33-29(15-1)30-16-2-6-20-34(30)37(33)27-13-9-11-25(23-27)26-12-10-14-28(24-26)38-35-21-7-3-17-31(35)32-18-4-8-22-36(32)38;1-5-13-33-29(9-1)30-10-2-6-14-34(30)37(33)27-21-17-25(18-22-27)26-19-23-28(24-20-26)38-35-15-7-3-11-31(35)32-12-4-8-16-36(32)38;1-5-16-27-23(12-1)24-13-2-6-17-28(24)31(27)21-10-9-11-22(20-21)32-29-18-7-3-14-25(29)26-15-4-8-19-30(26)32/h3*1-24H;1-20H. The predicted molar refractivity (Wildman–Crippen MR) is 617 cm³/mol. The van der Waals surface area contributed by atoms with Crippen molar-refractivity contribution in [2.24, 2.45) is 0 Å². The molecule has 0 saturated heterocycles. The molecular weight excluding hydrogens is 1770 g/mol. The van der Waals surface area contributed by atoms with Crippen molar-refractivity contribution in [1.82, 2.24) is 36.5 Å². The molecule has 0 atom stereocenters. The van der Waals surface area contributed by atoms with Gasteiger partial charge in [0.2, 0.25) is 0 Å². The van der Waals surface area contributed by atoms with E-state index < -0.39 is 0 Å². The molecule has 8 aromatic heterocycles. The minimum absolute atomic E-state index is 1.17. The van der Waals surface area contributed by atoms with E-state index in [0.29, 0.717) is 0 Å². The molecular formula is C138H92N8. The highest BCUT2D eigenvalue weighted by Gasteiger charge is 2.24. The van der Waals surface area contributed by atoms with Gasteiger partial charge < -0.3 is 36.5 Å². The molecule has 23 aromatic carbocycles. The lowest BCUT2D eigenvalue weighted by Crippen LogP contribution is -2.01. The van der Waals surface area contributed by atoms with Crippen LogP contribution in [0.5, 0.6) is 0 Å². The molecule has 0 radical (unpaired) electrons. The maximum atomic E-state index is 2.42.